The van der Waals surface area contributed by atoms with E-state index in [0.717, 1.165) is 27.8 Å². The van der Waals surface area contributed by atoms with Crippen molar-refractivity contribution >= 4 is 38.2 Å². The number of carbonyl (C=O) groups is 1. The Balaban J connectivity index is 2.13. The van der Waals surface area contributed by atoms with E-state index >= 15 is 0 Å². The summed E-state index contributed by atoms with van der Waals surface area (Å²) in [4.78, 5) is 16.3. The molecule has 152 valence electrons. The van der Waals surface area contributed by atoms with Gasteiger partial charge in [-0.1, -0.05) is 30.3 Å². The first-order valence-electron chi connectivity index (χ1n) is 8.51. The fourth-order valence-corrected chi connectivity index (χ4v) is 4.55. The van der Waals surface area contributed by atoms with E-state index in [1.54, 1.807) is 12.1 Å². The van der Waals surface area contributed by atoms with Crippen LogP contribution in [0, 0.1) is 0 Å². The number of rotatable bonds is 7. The van der Waals surface area contributed by atoms with Gasteiger partial charge >= 0.3 is 6.03 Å². The summed E-state index contributed by atoms with van der Waals surface area (Å²) in [6.07, 6.45) is 3.13. The number of primary amides is 1. The van der Waals surface area contributed by atoms with Gasteiger partial charge in [-0.2, -0.15) is 0 Å². The number of pyridine rings is 1. The normalized spacial score (nSPS) is 11.1. The van der Waals surface area contributed by atoms with Crippen LogP contribution < -0.4 is 20.5 Å². The zero-order valence-electron chi connectivity index (χ0n) is 15.8. The highest BCUT2D eigenvalue weighted by Crippen LogP contribution is 2.46. The number of amides is 2. The Morgan fingerprint density at radius 2 is 1.97 bits per heavy atom. The van der Waals surface area contributed by atoms with Crippen LogP contribution in [0.1, 0.15) is 11.1 Å². The molecule has 0 aliphatic carbocycles. The number of urea groups is 1. The first-order valence-corrected chi connectivity index (χ1v) is 11.2. The summed E-state index contributed by atoms with van der Waals surface area (Å²) >= 11 is 1.30. The van der Waals surface area contributed by atoms with Crippen LogP contribution in [-0.4, -0.2) is 32.8 Å². The first kappa shape index (κ1) is 20.6. The molecule has 29 heavy (non-hydrogen) atoms. The van der Waals surface area contributed by atoms with Crippen molar-refractivity contribution in [3.8, 4) is 16.2 Å². The fourth-order valence-electron chi connectivity index (χ4n) is 2.87. The monoisotopic (exact) mass is 432 g/mol. The van der Waals surface area contributed by atoms with Crippen molar-refractivity contribution < 1.29 is 17.9 Å². The molecule has 0 atom stereocenters. The van der Waals surface area contributed by atoms with Gasteiger partial charge in [0.1, 0.15) is 10.8 Å². The van der Waals surface area contributed by atoms with Crippen LogP contribution in [-0.2, 0) is 16.4 Å². The third-order valence-corrected chi connectivity index (χ3v) is 5.69. The molecule has 0 aliphatic rings. The molecule has 2 amide bonds. The molecule has 1 aromatic carbocycles. The van der Waals surface area contributed by atoms with Crippen LogP contribution in [0.4, 0.5) is 15.6 Å². The van der Waals surface area contributed by atoms with E-state index in [4.69, 9.17) is 10.5 Å². The van der Waals surface area contributed by atoms with Gasteiger partial charge in [0.05, 0.1) is 13.4 Å². The van der Waals surface area contributed by atoms with Gasteiger partial charge in [-0.25, -0.2) is 18.2 Å². The quantitative estimate of drug-likeness (QED) is 0.529. The second-order valence-electron chi connectivity index (χ2n) is 6.23. The molecule has 2 heterocycles. The number of anilines is 2. The SMILES string of the molecule is COc1c(NC(N)=O)sc(-c2ccnc(NS(C)(=O)=O)c2)c1Cc1ccccc1. The number of methoxy groups -OCH3 is 1. The van der Waals surface area contributed by atoms with Crippen molar-refractivity contribution in [1.29, 1.82) is 0 Å². The number of nitrogens with zero attached hydrogens (tertiary/aromatic N) is 1. The smallest absolute Gasteiger partial charge is 0.317 e. The van der Waals surface area contributed by atoms with E-state index in [-0.39, 0.29) is 5.82 Å². The van der Waals surface area contributed by atoms with Gasteiger partial charge in [-0.05, 0) is 23.3 Å². The minimum absolute atomic E-state index is 0.201. The van der Waals surface area contributed by atoms with Crippen molar-refractivity contribution in [2.45, 2.75) is 6.42 Å². The molecule has 0 saturated carbocycles. The Kier molecular flexibility index (Phi) is 6.04. The van der Waals surface area contributed by atoms with Gasteiger partial charge < -0.3 is 10.5 Å². The molecule has 8 nitrogen and oxygen atoms in total. The van der Waals surface area contributed by atoms with E-state index in [0.29, 0.717) is 17.2 Å². The number of hydrogen-bond donors (Lipinski definition) is 3. The standard InChI is InChI=1S/C19H20N4O4S2/c1-27-16-14(10-12-6-4-3-5-7-12)17(28-18(16)22-19(20)24)13-8-9-21-15(11-13)23-29(2,25)26/h3-9,11H,10H2,1-2H3,(H,21,23)(H3,20,22,24). The second-order valence-corrected chi connectivity index (χ2v) is 9.00. The number of nitrogens with two attached hydrogens (primary N) is 1. The van der Waals surface area contributed by atoms with Gasteiger partial charge in [0.15, 0.2) is 5.75 Å². The minimum Gasteiger partial charge on any atom is -0.493 e. The number of aromatic nitrogens is 1. The molecular weight excluding hydrogens is 412 g/mol. The molecule has 0 radical (unpaired) electrons. The predicted octanol–water partition coefficient (Wildman–Crippen LogP) is 3.27. The number of hydrogen-bond acceptors (Lipinski definition) is 6. The molecule has 0 aliphatic heterocycles. The molecule has 4 N–H and O–H groups in total. The van der Waals surface area contributed by atoms with Gasteiger partial charge in [-0.3, -0.25) is 10.0 Å². The number of thiophene rings is 1. The average Bonchev–Trinajstić information content (AvgIpc) is 2.97. The van der Waals surface area contributed by atoms with Crippen molar-refractivity contribution in [3.63, 3.8) is 0 Å². The van der Waals surface area contributed by atoms with Gasteiger partial charge in [0.25, 0.3) is 0 Å². The van der Waals surface area contributed by atoms with Gasteiger partial charge in [-0.15, -0.1) is 11.3 Å². The van der Waals surface area contributed by atoms with Gasteiger partial charge in [0, 0.05) is 23.1 Å². The van der Waals surface area contributed by atoms with Crippen LogP contribution in [0.25, 0.3) is 10.4 Å². The number of sulfonamides is 1. The lowest BCUT2D eigenvalue weighted by molar-refractivity contribution is 0.259. The van der Waals surface area contributed by atoms with Crippen LogP contribution in [0.15, 0.2) is 48.7 Å². The highest BCUT2D eigenvalue weighted by molar-refractivity contribution is 7.92. The lowest BCUT2D eigenvalue weighted by atomic mass is 10.0. The van der Waals surface area contributed by atoms with E-state index < -0.39 is 16.1 Å². The van der Waals surface area contributed by atoms with Crippen molar-refractivity contribution in [2.24, 2.45) is 5.73 Å². The molecule has 0 spiro atoms. The summed E-state index contributed by atoms with van der Waals surface area (Å²) in [5, 5.41) is 3.08. The van der Waals surface area contributed by atoms with Crippen molar-refractivity contribution in [2.75, 3.05) is 23.4 Å². The largest absolute Gasteiger partial charge is 0.493 e. The second kappa shape index (κ2) is 8.50. The lowest BCUT2D eigenvalue weighted by Crippen LogP contribution is -2.18. The number of ether oxygens (including phenoxy) is 1. The predicted molar refractivity (Wildman–Crippen MR) is 115 cm³/mol. The molecule has 0 saturated heterocycles. The average molecular weight is 433 g/mol. The third kappa shape index (κ3) is 5.24. The van der Waals surface area contributed by atoms with Crippen LogP contribution in [0.3, 0.4) is 0 Å². The number of nitrogens with one attached hydrogen (secondary N) is 2. The highest BCUT2D eigenvalue weighted by atomic mass is 32.2. The summed E-state index contributed by atoms with van der Waals surface area (Å²) < 4.78 is 31.1. The molecule has 0 unspecified atom stereocenters. The maximum Gasteiger partial charge on any atom is 0.317 e. The molecular formula is C19H20N4O4S2. The zero-order valence-corrected chi connectivity index (χ0v) is 17.4. The minimum atomic E-state index is -3.47. The topological polar surface area (TPSA) is 123 Å². The van der Waals surface area contributed by atoms with Gasteiger partial charge in [0.2, 0.25) is 10.0 Å². The van der Waals surface area contributed by atoms with Crippen molar-refractivity contribution in [1.82, 2.24) is 4.98 Å². The fraction of sp³-hybridized carbons (Fsp3) is 0.158. The zero-order chi connectivity index (χ0) is 21.0. The highest BCUT2D eigenvalue weighted by Gasteiger charge is 2.22. The lowest BCUT2D eigenvalue weighted by Gasteiger charge is -2.09. The summed E-state index contributed by atoms with van der Waals surface area (Å²) in [5.74, 6) is 0.717. The number of carbonyl (C=O) groups excluding carboxylic acids is 1. The Morgan fingerprint density at radius 1 is 1.24 bits per heavy atom. The first-order chi connectivity index (χ1) is 13.8. The summed E-state index contributed by atoms with van der Waals surface area (Å²) in [6.45, 7) is 0. The van der Waals surface area contributed by atoms with E-state index in [2.05, 4.69) is 15.0 Å². The maximum absolute atomic E-state index is 11.6. The Labute approximate surface area is 172 Å². The molecule has 0 fully saturated rings. The van der Waals surface area contributed by atoms with E-state index in [1.807, 2.05) is 30.3 Å². The maximum atomic E-state index is 11.6. The van der Waals surface area contributed by atoms with E-state index in [1.165, 1.54) is 24.6 Å². The summed E-state index contributed by atoms with van der Waals surface area (Å²) in [7, 11) is -1.94. The summed E-state index contributed by atoms with van der Waals surface area (Å²) in [6, 6.07) is 12.5. The molecule has 10 heteroatoms. The summed E-state index contributed by atoms with van der Waals surface area (Å²) in [5.41, 5.74) is 7.95. The van der Waals surface area contributed by atoms with E-state index in [9.17, 15) is 13.2 Å². The molecule has 0 bridgehead atoms. The molecule has 3 aromatic rings. The van der Waals surface area contributed by atoms with Crippen molar-refractivity contribution in [3.05, 3.63) is 59.8 Å². The molecule has 3 rings (SSSR count). The van der Waals surface area contributed by atoms with Crippen LogP contribution >= 0.6 is 11.3 Å². The third-order valence-electron chi connectivity index (χ3n) is 3.94. The number of benzene rings is 1. The van der Waals surface area contributed by atoms with Crippen LogP contribution in [0.2, 0.25) is 0 Å². The molecule has 2 aromatic heterocycles. The Hall–Kier alpha value is -3.11. The van der Waals surface area contributed by atoms with Crippen LogP contribution in [0.5, 0.6) is 5.75 Å². The Morgan fingerprint density at radius 3 is 2.59 bits per heavy atom. The Bertz CT molecular complexity index is 1130.